The smallest absolute Gasteiger partial charge is 0.123 e. The van der Waals surface area contributed by atoms with Crippen LogP contribution in [0.2, 0.25) is 19.6 Å². The van der Waals surface area contributed by atoms with Crippen LogP contribution in [0, 0.1) is 5.82 Å². The maximum absolute atomic E-state index is 13.7. The van der Waals surface area contributed by atoms with Gasteiger partial charge < -0.3 is 0 Å². The van der Waals surface area contributed by atoms with Crippen LogP contribution in [0.15, 0.2) is 16.6 Å². The first-order valence-corrected chi connectivity index (χ1v) is 9.14. The molecule has 0 aliphatic rings. The number of halogens is 2. The van der Waals surface area contributed by atoms with Gasteiger partial charge in [0.25, 0.3) is 0 Å². The molecular weight excluding hydrogens is 259 g/mol. The Hall–Kier alpha value is -0.153. The lowest BCUT2D eigenvalue weighted by Gasteiger charge is -2.21. The van der Waals surface area contributed by atoms with Crippen molar-refractivity contribution in [2.24, 2.45) is 0 Å². The zero-order chi connectivity index (χ0) is 10.9. The summed E-state index contributed by atoms with van der Waals surface area (Å²) >= 11 is 3.52. The van der Waals surface area contributed by atoms with Crippen LogP contribution >= 0.6 is 15.9 Å². The Morgan fingerprint density at radius 2 is 1.86 bits per heavy atom. The topological polar surface area (TPSA) is 0 Å². The quantitative estimate of drug-likeness (QED) is 0.722. The second-order valence-corrected chi connectivity index (χ2v) is 10.3. The Labute approximate surface area is 94.7 Å². The summed E-state index contributed by atoms with van der Waals surface area (Å²) in [5.74, 6) is -0.0618. The Balaban J connectivity index is 3.40. The minimum atomic E-state index is -1.59. The fourth-order valence-corrected chi connectivity index (χ4v) is 5.56. The van der Waals surface area contributed by atoms with Crippen molar-refractivity contribution in [3.8, 4) is 0 Å². The zero-order valence-electron chi connectivity index (χ0n) is 9.12. The predicted octanol–water partition coefficient (Wildman–Crippen LogP) is 3.70. The second-order valence-electron chi connectivity index (χ2n) is 4.50. The largest absolute Gasteiger partial charge is 0.207 e. The highest BCUT2D eigenvalue weighted by Crippen LogP contribution is 2.20. The number of hydrogen-bond donors (Lipinski definition) is 0. The molecule has 0 radical (unpaired) electrons. The highest BCUT2D eigenvalue weighted by Gasteiger charge is 2.24. The normalized spacial score (nSPS) is 11.9. The molecule has 0 fully saturated rings. The van der Waals surface area contributed by atoms with E-state index in [9.17, 15) is 4.39 Å². The van der Waals surface area contributed by atoms with Crippen LogP contribution in [-0.2, 0) is 6.42 Å². The number of aryl methyl sites for hydroxylation is 1. The third kappa shape index (κ3) is 2.26. The average Bonchev–Trinajstić information content (AvgIpc) is 2.02. The van der Waals surface area contributed by atoms with E-state index >= 15 is 0 Å². The molecule has 0 atom stereocenters. The summed E-state index contributed by atoms with van der Waals surface area (Å²) in [5, 5.41) is 0.914. The first kappa shape index (κ1) is 11.9. The molecule has 0 unspecified atom stereocenters. The molecule has 1 aromatic rings. The van der Waals surface area contributed by atoms with E-state index in [2.05, 4.69) is 42.5 Å². The van der Waals surface area contributed by atoms with Gasteiger partial charge in [0.05, 0.1) is 8.07 Å². The third-order valence-electron chi connectivity index (χ3n) is 2.30. The van der Waals surface area contributed by atoms with Crippen molar-refractivity contribution in [2.75, 3.05) is 0 Å². The van der Waals surface area contributed by atoms with Crippen LogP contribution in [0.25, 0.3) is 0 Å². The fourth-order valence-electron chi connectivity index (χ4n) is 1.56. The maximum Gasteiger partial charge on any atom is 0.123 e. The Morgan fingerprint density at radius 3 is 2.29 bits per heavy atom. The van der Waals surface area contributed by atoms with Crippen LogP contribution in [0.5, 0.6) is 0 Å². The molecule has 0 bridgehead atoms. The lowest BCUT2D eigenvalue weighted by molar-refractivity contribution is 0.633. The third-order valence-corrected chi connectivity index (χ3v) is 5.56. The minimum absolute atomic E-state index is 0.0618. The fraction of sp³-hybridized carbons (Fsp3) is 0.455. The van der Waals surface area contributed by atoms with Crippen molar-refractivity contribution in [3.63, 3.8) is 0 Å². The van der Waals surface area contributed by atoms with E-state index in [1.165, 1.54) is 5.56 Å². The van der Waals surface area contributed by atoms with Gasteiger partial charge in [-0.1, -0.05) is 48.6 Å². The van der Waals surface area contributed by atoms with Gasteiger partial charge in [-0.2, -0.15) is 0 Å². The van der Waals surface area contributed by atoms with E-state index in [4.69, 9.17) is 0 Å². The zero-order valence-corrected chi connectivity index (χ0v) is 11.7. The van der Waals surface area contributed by atoms with Crippen molar-refractivity contribution in [1.82, 2.24) is 0 Å². The number of hydrogen-bond acceptors (Lipinski definition) is 0. The lowest BCUT2D eigenvalue weighted by atomic mass is 10.2. The molecule has 0 nitrogen and oxygen atoms in total. The Bertz CT molecular complexity index is 342. The summed E-state index contributed by atoms with van der Waals surface area (Å²) in [6.45, 7) is 8.58. The molecule has 1 aromatic carbocycles. The second kappa shape index (κ2) is 4.15. The van der Waals surface area contributed by atoms with E-state index < -0.39 is 8.07 Å². The van der Waals surface area contributed by atoms with Gasteiger partial charge in [-0.15, -0.1) is 0 Å². The number of benzene rings is 1. The van der Waals surface area contributed by atoms with E-state index in [0.717, 1.165) is 16.1 Å². The first-order valence-electron chi connectivity index (χ1n) is 4.85. The Kier molecular flexibility index (Phi) is 3.53. The molecule has 0 saturated heterocycles. The van der Waals surface area contributed by atoms with Gasteiger partial charge in [0.2, 0.25) is 0 Å². The summed E-state index contributed by atoms with van der Waals surface area (Å²) in [6, 6.07) is 3.46. The van der Waals surface area contributed by atoms with E-state index in [1.807, 2.05) is 6.07 Å². The SMILES string of the molecule is CCc1ccc(F)c([Si](C)(C)C)c1Br. The molecule has 0 aliphatic carbocycles. The highest BCUT2D eigenvalue weighted by molar-refractivity contribution is 9.10. The summed E-state index contributed by atoms with van der Waals surface area (Å²) in [7, 11) is -1.59. The maximum atomic E-state index is 13.7. The molecule has 0 saturated carbocycles. The van der Waals surface area contributed by atoms with Gasteiger partial charge in [0, 0.05) is 4.47 Å². The standard InChI is InChI=1S/C11H16BrFSi/c1-5-8-6-7-9(13)11(10(8)12)14(2,3)4/h6-7H,5H2,1-4H3. The first-order chi connectivity index (χ1) is 6.38. The molecule has 0 spiro atoms. The summed E-state index contributed by atoms with van der Waals surface area (Å²) in [4.78, 5) is 0. The predicted molar refractivity (Wildman–Crippen MR) is 66.5 cm³/mol. The van der Waals surface area contributed by atoms with Crippen molar-refractivity contribution >= 4 is 29.2 Å². The molecule has 0 N–H and O–H groups in total. The molecule has 0 aromatic heterocycles. The molecule has 1 rings (SSSR count). The summed E-state index contributed by atoms with van der Waals surface area (Å²) in [5.41, 5.74) is 1.20. The summed E-state index contributed by atoms with van der Waals surface area (Å²) in [6.07, 6.45) is 0.943. The Morgan fingerprint density at radius 1 is 1.29 bits per heavy atom. The summed E-state index contributed by atoms with van der Waals surface area (Å²) < 4.78 is 14.7. The van der Waals surface area contributed by atoms with Gasteiger partial charge in [0.15, 0.2) is 0 Å². The minimum Gasteiger partial charge on any atom is -0.207 e. The monoisotopic (exact) mass is 274 g/mol. The van der Waals surface area contributed by atoms with E-state index in [-0.39, 0.29) is 5.82 Å². The molecule has 0 amide bonds. The van der Waals surface area contributed by atoms with Crippen LogP contribution < -0.4 is 5.19 Å². The average molecular weight is 275 g/mol. The van der Waals surface area contributed by atoms with Crippen molar-refractivity contribution in [3.05, 3.63) is 28.0 Å². The highest BCUT2D eigenvalue weighted by atomic mass is 79.9. The molecule has 0 aliphatic heterocycles. The van der Waals surface area contributed by atoms with Gasteiger partial charge in [0.1, 0.15) is 5.82 Å². The molecular formula is C11H16BrFSi. The molecule has 78 valence electrons. The van der Waals surface area contributed by atoms with Crippen LogP contribution in [-0.4, -0.2) is 8.07 Å². The van der Waals surface area contributed by atoms with Crippen molar-refractivity contribution in [1.29, 1.82) is 0 Å². The van der Waals surface area contributed by atoms with Gasteiger partial charge in [-0.05, 0) is 23.2 Å². The lowest BCUT2D eigenvalue weighted by Crippen LogP contribution is -2.41. The van der Waals surface area contributed by atoms with Crippen molar-refractivity contribution in [2.45, 2.75) is 33.0 Å². The van der Waals surface area contributed by atoms with Gasteiger partial charge >= 0.3 is 0 Å². The molecule has 3 heteroatoms. The van der Waals surface area contributed by atoms with Crippen LogP contribution in [0.4, 0.5) is 4.39 Å². The molecule has 14 heavy (non-hydrogen) atoms. The van der Waals surface area contributed by atoms with Crippen molar-refractivity contribution < 1.29 is 4.39 Å². The van der Waals surface area contributed by atoms with E-state index in [0.29, 0.717) is 0 Å². The number of rotatable bonds is 2. The van der Waals surface area contributed by atoms with Crippen LogP contribution in [0.3, 0.4) is 0 Å². The van der Waals surface area contributed by atoms with Gasteiger partial charge in [-0.3, -0.25) is 0 Å². The van der Waals surface area contributed by atoms with Gasteiger partial charge in [-0.25, -0.2) is 4.39 Å². The van der Waals surface area contributed by atoms with Crippen LogP contribution in [0.1, 0.15) is 12.5 Å². The molecule has 0 heterocycles. The van der Waals surface area contributed by atoms with E-state index in [1.54, 1.807) is 6.07 Å².